The topological polar surface area (TPSA) is 83.0 Å². The van der Waals surface area contributed by atoms with Crippen LogP contribution in [0.4, 0.5) is 4.39 Å². The summed E-state index contributed by atoms with van der Waals surface area (Å²) in [5.41, 5.74) is 9.97. The zero-order chi connectivity index (χ0) is 24.8. The Morgan fingerprint density at radius 2 is 1.69 bits per heavy atom. The van der Waals surface area contributed by atoms with Crippen molar-refractivity contribution >= 4 is 16.7 Å². The lowest BCUT2D eigenvalue weighted by Crippen LogP contribution is -2.50. The monoisotopic (exact) mass is 476 g/mol. The number of pyridine rings is 1. The highest BCUT2D eigenvalue weighted by Gasteiger charge is 2.42. The number of hydrogen-bond acceptors (Lipinski definition) is 4. The third kappa shape index (κ3) is 3.82. The molecule has 0 saturated carbocycles. The number of carbonyl (C=O) groups is 1. The predicted octanol–water partition coefficient (Wildman–Crippen LogP) is 5.67. The lowest BCUT2D eigenvalue weighted by atomic mass is 9.90. The van der Waals surface area contributed by atoms with E-state index < -0.39 is 5.82 Å². The normalized spacial score (nSPS) is 20.9. The van der Waals surface area contributed by atoms with Gasteiger partial charge in [-0.2, -0.15) is 5.26 Å². The van der Waals surface area contributed by atoms with Crippen LogP contribution in [0.3, 0.4) is 0 Å². The van der Waals surface area contributed by atoms with Crippen molar-refractivity contribution in [1.29, 1.82) is 5.26 Å². The van der Waals surface area contributed by atoms with Gasteiger partial charge in [-0.05, 0) is 89.7 Å². The average molecular weight is 477 g/mol. The van der Waals surface area contributed by atoms with Gasteiger partial charge >= 0.3 is 0 Å². The second-order valence-corrected chi connectivity index (χ2v) is 9.83. The first-order valence-electron chi connectivity index (χ1n) is 12.3. The minimum atomic E-state index is -0.580. The van der Waals surface area contributed by atoms with Crippen LogP contribution in [-0.2, 0) is 0 Å². The second kappa shape index (κ2) is 8.85. The van der Waals surface area contributed by atoms with E-state index in [0.29, 0.717) is 11.1 Å². The largest absolute Gasteiger partial charge is 0.333 e. The first-order valence-corrected chi connectivity index (χ1v) is 12.3. The van der Waals surface area contributed by atoms with Gasteiger partial charge in [0.25, 0.3) is 5.91 Å². The molecule has 2 N–H and O–H groups in total. The Morgan fingerprint density at radius 3 is 2.44 bits per heavy atom. The van der Waals surface area contributed by atoms with E-state index >= 15 is 0 Å². The molecule has 6 rings (SSSR count). The van der Waals surface area contributed by atoms with Gasteiger partial charge in [0.2, 0.25) is 0 Å². The highest BCUT2D eigenvalue weighted by molar-refractivity contribution is 5.99. The van der Waals surface area contributed by atoms with Gasteiger partial charge in [-0.1, -0.05) is 24.3 Å². The third-order valence-corrected chi connectivity index (χ3v) is 7.62. The van der Waals surface area contributed by atoms with Crippen LogP contribution in [0.5, 0.6) is 0 Å². The van der Waals surface area contributed by atoms with E-state index in [1.54, 1.807) is 12.3 Å². The molecule has 5 nitrogen and oxygen atoms in total. The zero-order valence-corrected chi connectivity index (χ0v) is 19.7. The summed E-state index contributed by atoms with van der Waals surface area (Å²) in [5.74, 6) is -0.581. The summed E-state index contributed by atoms with van der Waals surface area (Å²) in [4.78, 5) is 20.0. The van der Waals surface area contributed by atoms with Crippen LogP contribution in [0.25, 0.3) is 33.0 Å². The molecule has 1 amide bonds. The van der Waals surface area contributed by atoms with Crippen molar-refractivity contribution in [2.75, 3.05) is 0 Å². The number of benzene rings is 3. The van der Waals surface area contributed by atoms with Gasteiger partial charge in [-0.15, -0.1) is 0 Å². The van der Waals surface area contributed by atoms with Crippen molar-refractivity contribution in [3.8, 4) is 28.3 Å². The summed E-state index contributed by atoms with van der Waals surface area (Å²) in [6.07, 6.45) is 7.21. The minimum Gasteiger partial charge on any atom is -0.333 e. The fraction of sp³-hybridized carbons (Fsp3) is 0.233. The number of carbonyl (C=O) groups excluding carboxylic acids is 1. The number of nitrogens with zero attached hydrogens (tertiary/aromatic N) is 3. The van der Waals surface area contributed by atoms with Gasteiger partial charge in [0.05, 0.1) is 5.56 Å². The first kappa shape index (κ1) is 22.4. The van der Waals surface area contributed by atoms with E-state index in [2.05, 4.69) is 11.1 Å². The van der Waals surface area contributed by atoms with Crippen molar-refractivity contribution in [2.45, 2.75) is 43.8 Å². The standard InChI is InChI=1S/C30H25FN4O/c31-29-13-20(3-4-22(29)16-32)28-12-21(30(36)35-25-6-7-26(35)15-24(33)14-25)5-8-27(28)19-2-1-18-9-10-34-17-23(18)11-19/h1-5,8-13,17,24-26H,6-7,14-15,33H2/t24?,25-,26+. The summed E-state index contributed by atoms with van der Waals surface area (Å²) in [7, 11) is 0. The number of hydrogen-bond donors (Lipinski definition) is 1. The zero-order valence-electron chi connectivity index (χ0n) is 19.7. The number of amides is 1. The molecule has 2 saturated heterocycles. The Morgan fingerprint density at radius 1 is 0.944 bits per heavy atom. The van der Waals surface area contributed by atoms with Gasteiger partial charge in [0, 0.05) is 41.5 Å². The number of halogens is 1. The van der Waals surface area contributed by atoms with Crippen LogP contribution in [0.2, 0.25) is 0 Å². The Labute approximate surface area is 209 Å². The summed E-state index contributed by atoms with van der Waals surface area (Å²) in [5, 5.41) is 11.3. The molecule has 3 atom stereocenters. The molecule has 2 aliphatic rings. The van der Waals surface area contributed by atoms with Crippen molar-refractivity contribution in [2.24, 2.45) is 5.73 Å². The minimum absolute atomic E-state index is 0.000900. The Hall–Kier alpha value is -4.08. The molecule has 2 bridgehead atoms. The molecule has 2 aliphatic heterocycles. The number of nitrogens with two attached hydrogens (primary N) is 1. The van der Waals surface area contributed by atoms with Crippen molar-refractivity contribution < 1.29 is 9.18 Å². The fourth-order valence-corrected chi connectivity index (χ4v) is 5.89. The Bertz CT molecular complexity index is 1530. The molecule has 0 radical (unpaired) electrons. The molecule has 36 heavy (non-hydrogen) atoms. The summed E-state index contributed by atoms with van der Waals surface area (Å²) < 4.78 is 14.7. The molecule has 0 spiro atoms. The first-order chi connectivity index (χ1) is 17.5. The second-order valence-electron chi connectivity index (χ2n) is 9.83. The molecule has 3 aromatic carbocycles. The van der Waals surface area contributed by atoms with Crippen LogP contribution >= 0.6 is 0 Å². The smallest absolute Gasteiger partial charge is 0.254 e. The molecular formula is C30H25FN4O. The Kier molecular flexibility index (Phi) is 5.50. The number of fused-ring (bicyclic) bond motifs is 3. The molecule has 178 valence electrons. The maximum absolute atomic E-state index is 14.7. The van der Waals surface area contributed by atoms with E-state index in [1.807, 2.05) is 53.6 Å². The van der Waals surface area contributed by atoms with Gasteiger partial charge in [-0.25, -0.2) is 4.39 Å². The lowest BCUT2D eigenvalue weighted by molar-refractivity contribution is 0.0575. The number of nitriles is 1. The quantitative estimate of drug-likeness (QED) is 0.413. The summed E-state index contributed by atoms with van der Waals surface area (Å²) >= 11 is 0. The maximum Gasteiger partial charge on any atom is 0.254 e. The lowest BCUT2D eigenvalue weighted by Gasteiger charge is -2.38. The van der Waals surface area contributed by atoms with Gasteiger partial charge in [0.1, 0.15) is 11.9 Å². The molecule has 6 heteroatoms. The van der Waals surface area contributed by atoms with Crippen molar-refractivity contribution in [3.63, 3.8) is 0 Å². The summed E-state index contributed by atoms with van der Waals surface area (Å²) in [6, 6.07) is 20.7. The molecule has 2 fully saturated rings. The number of piperidine rings is 1. The molecule has 1 unspecified atom stereocenters. The van der Waals surface area contributed by atoms with E-state index in [9.17, 15) is 14.4 Å². The van der Waals surface area contributed by atoms with Crippen LogP contribution in [0.1, 0.15) is 41.6 Å². The summed E-state index contributed by atoms with van der Waals surface area (Å²) in [6.45, 7) is 0. The van der Waals surface area contributed by atoms with E-state index in [-0.39, 0.29) is 29.6 Å². The average Bonchev–Trinajstić information content (AvgIpc) is 3.18. The number of aromatic nitrogens is 1. The van der Waals surface area contributed by atoms with Gasteiger partial charge in [-0.3, -0.25) is 9.78 Å². The fourth-order valence-electron chi connectivity index (χ4n) is 5.89. The molecule has 3 heterocycles. The predicted molar refractivity (Wildman–Crippen MR) is 137 cm³/mol. The van der Waals surface area contributed by atoms with E-state index in [1.165, 1.54) is 12.1 Å². The van der Waals surface area contributed by atoms with Crippen LogP contribution < -0.4 is 5.73 Å². The van der Waals surface area contributed by atoms with Crippen molar-refractivity contribution in [1.82, 2.24) is 9.88 Å². The highest BCUT2D eigenvalue weighted by atomic mass is 19.1. The molecule has 4 aromatic rings. The maximum atomic E-state index is 14.7. The molecule has 0 aliphatic carbocycles. The van der Waals surface area contributed by atoms with Crippen LogP contribution in [0, 0.1) is 17.1 Å². The van der Waals surface area contributed by atoms with Crippen molar-refractivity contribution in [3.05, 3.63) is 90.0 Å². The number of rotatable bonds is 3. The molecular weight excluding hydrogens is 451 g/mol. The van der Waals surface area contributed by atoms with Gasteiger partial charge < -0.3 is 10.6 Å². The SMILES string of the molecule is N#Cc1ccc(-c2cc(C(=O)N3[C@@H]4CC[C@H]3CC(N)C4)ccc2-c2ccc3ccncc3c2)cc1F. The Balaban J connectivity index is 1.47. The van der Waals surface area contributed by atoms with Crippen LogP contribution in [0.15, 0.2) is 73.1 Å². The third-order valence-electron chi connectivity index (χ3n) is 7.62. The highest BCUT2D eigenvalue weighted by Crippen LogP contribution is 2.39. The van der Waals surface area contributed by atoms with E-state index in [4.69, 9.17) is 5.73 Å². The van der Waals surface area contributed by atoms with E-state index in [0.717, 1.165) is 53.1 Å². The molecule has 1 aromatic heterocycles. The van der Waals surface area contributed by atoms with Gasteiger partial charge in [0.15, 0.2) is 0 Å². The van der Waals surface area contributed by atoms with Crippen LogP contribution in [-0.4, -0.2) is 33.9 Å².